The Kier molecular flexibility index (Phi) is 11.0. The highest BCUT2D eigenvalue weighted by Crippen LogP contribution is 2.29. The number of carbonyl (C=O) groups excluding carboxylic acids is 2. The number of ether oxygens (including phenoxy) is 1. The Morgan fingerprint density at radius 1 is 1.20 bits per heavy atom. The van der Waals surface area contributed by atoms with Crippen LogP contribution < -0.4 is 5.32 Å². The van der Waals surface area contributed by atoms with Crippen LogP contribution in [0.25, 0.3) is 0 Å². The van der Waals surface area contributed by atoms with Crippen molar-refractivity contribution in [3.05, 3.63) is 0 Å². The fourth-order valence-electron chi connectivity index (χ4n) is 3.30. The van der Waals surface area contributed by atoms with E-state index in [1.165, 1.54) is 32.1 Å². The van der Waals surface area contributed by atoms with Gasteiger partial charge in [-0.05, 0) is 46.0 Å². The predicted octanol–water partition coefficient (Wildman–Crippen LogP) is 3.62. The molecule has 0 radical (unpaired) electrons. The van der Waals surface area contributed by atoms with Gasteiger partial charge in [0.2, 0.25) is 5.91 Å². The highest BCUT2D eigenvalue weighted by Gasteiger charge is 2.33. The van der Waals surface area contributed by atoms with Gasteiger partial charge in [-0.15, -0.1) is 0 Å². The fourth-order valence-corrected chi connectivity index (χ4v) is 3.30. The van der Waals surface area contributed by atoms with E-state index in [2.05, 4.69) is 5.32 Å². The van der Waals surface area contributed by atoms with Crippen LogP contribution >= 0.6 is 0 Å². The number of hydrogen-bond acceptors (Lipinski definition) is 4. The molecule has 2 N–H and O–H groups in total. The van der Waals surface area contributed by atoms with Gasteiger partial charge >= 0.3 is 0 Å². The summed E-state index contributed by atoms with van der Waals surface area (Å²) in [6.07, 6.45) is 10.1. The maximum atomic E-state index is 11.8. The lowest BCUT2D eigenvalue weighted by Gasteiger charge is -2.34. The molecule has 0 spiro atoms. The molecule has 2 aliphatic rings. The largest absolute Gasteiger partial charge is 0.394 e. The molecular formula is C20H39NO4. The van der Waals surface area contributed by atoms with Crippen LogP contribution in [0.15, 0.2) is 0 Å². The lowest BCUT2D eigenvalue weighted by atomic mass is 9.77. The summed E-state index contributed by atoms with van der Waals surface area (Å²) in [6.45, 7) is 6.04. The molecule has 0 aliphatic heterocycles. The molecule has 0 bridgehead atoms. The van der Waals surface area contributed by atoms with Crippen LogP contribution in [0.4, 0.5) is 0 Å². The van der Waals surface area contributed by atoms with E-state index in [1.54, 1.807) is 13.8 Å². The second-order valence-electron chi connectivity index (χ2n) is 7.58. The Bertz CT molecular complexity index is 389. The summed E-state index contributed by atoms with van der Waals surface area (Å²) in [6, 6.07) is 0.220. The quantitative estimate of drug-likeness (QED) is 0.651. The third-order valence-electron chi connectivity index (χ3n) is 4.76. The standard InChI is InChI=1S/C17H29NO3.C3H8O.H2/c1-2-16(19)13-11-14(12-13)18-17(20)9-6-10-21-15-7-4-3-5-8-15;1-3(2)4;/h13-15H,2-12H2,1H3,(H,18,20);3-4H,1-2H3;1H. The second-order valence-corrected chi connectivity index (χ2v) is 7.58. The van der Waals surface area contributed by atoms with Crippen LogP contribution in [0.2, 0.25) is 0 Å². The lowest BCUT2D eigenvalue weighted by Crippen LogP contribution is -2.46. The molecule has 1 amide bonds. The number of carbonyl (C=O) groups is 2. The van der Waals surface area contributed by atoms with Crippen LogP contribution in [-0.2, 0) is 14.3 Å². The van der Waals surface area contributed by atoms with Crippen LogP contribution in [-0.4, -0.2) is 41.7 Å². The summed E-state index contributed by atoms with van der Waals surface area (Å²) in [7, 11) is 0. The molecule has 148 valence electrons. The second kappa shape index (κ2) is 12.4. The number of rotatable bonds is 8. The fraction of sp³-hybridized carbons (Fsp3) is 0.900. The van der Waals surface area contributed by atoms with E-state index in [0.29, 0.717) is 31.3 Å². The molecule has 25 heavy (non-hydrogen) atoms. The van der Waals surface area contributed by atoms with Crippen molar-refractivity contribution in [3.8, 4) is 0 Å². The van der Waals surface area contributed by atoms with Gasteiger partial charge in [0.25, 0.3) is 0 Å². The van der Waals surface area contributed by atoms with Gasteiger partial charge in [0, 0.05) is 38.9 Å². The van der Waals surface area contributed by atoms with Gasteiger partial charge < -0.3 is 15.2 Å². The zero-order valence-electron chi connectivity index (χ0n) is 16.3. The smallest absolute Gasteiger partial charge is 0.220 e. The number of Topliss-reactive ketones (excluding diaryl/α,β-unsaturated/α-hetero) is 1. The molecule has 0 aromatic rings. The highest BCUT2D eigenvalue weighted by atomic mass is 16.5. The SMILES string of the molecule is CC(C)O.CCC(=O)C1CC(NC(=O)CCCOC2CCCCC2)C1.[HH]. The normalized spacial score (nSPS) is 23.4. The number of nitrogens with one attached hydrogen (secondary N) is 1. The first-order valence-electron chi connectivity index (χ1n) is 10.0. The first-order chi connectivity index (χ1) is 11.9. The van der Waals surface area contributed by atoms with Gasteiger partial charge in [0.05, 0.1) is 6.10 Å². The van der Waals surface area contributed by atoms with Crippen molar-refractivity contribution in [2.24, 2.45) is 5.92 Å². The van der Waals surface area contributed by atoms with E-state index in [4.69, 9.17) is 9.84 Å². The van der Waals surface area contributed by atoms with Crippen molar-refractivity contribution in [2.75, 3.05) is 6.61 Å². The first-order valence-corrected chi connectivity index (χ1v) is 10.0. The number of ketones is 1. The Balaban J connectivity index is 0.00000113. The molecule has 0 atom stereocenters. The average molecular weight is 358 g/mol. The molecule has 2 rings (SSSR count). The maximum absolute atomic E-state index is 11.8. The van der Waals surface area contributed by atoms with Gasteiger partial charge in [0.15, 0.2) is 0 Å². The van der Waals surface area contributed by atoms with E-state index in [9.17, 15) is 9.59 Å². The zero-order valence-corrected chi connectivity index (χ0v) is 16.3. The minimum Gasteiger partial charge on any atom is -0.394 e. The topological polar surface area (TPSA) is 75.6 Å². The van der Waals surface area contributed by atoms with Crippen molar-refractivity contribution in [1.82, 2.24) is 5.32 Å². The van der Waals surface area contributed by atoms with Gasteiger partial charge in [-0.25, -0.2) is 0 Å². The van der Waals surface area contributed by atoms with E-state index in [0.717, 1.165) is 19.3 Å². The molecule has 5 heteroatoms. The molecule has 5 nitrogen and oxygen atoms in total. The van der Waals surface area contributed by atoms with Gasteiger partial charge in [-0.1, -0.05) is 26.2 Å². The summed E-state index contributed by atoms with van der Waals surface area (Å²) >= 11 is 0. The van der Waals surface area contributed by atoms with Gasteiger partial charge in [-0.3, -0.25) is 9.59 Å². The van der Waals surface area contributed by atoms with Crippen molar-refractivity contribution in [3.63, 3.8) is 0 Å². The van der Waals surface area contributed by atoms with E-state index >= 15 is 0 Å². The molecule has 2 saturated carbocycles. The molecule has 0 aromatic carbocycles. The minimum absolute atomic E-state index is 0. The molecule has 2 aliphatic carbocycles. The molecule has 0 aromatic heterocycles. The summed E-state index contributed by atoms with van der Waals surface area (Å²) in [5.41, 5.74) is 0. The van der Waals surface area contributed by atoms with Crippen molar-refractivity contribution < 1.29 is 20.9 Å². The van der Waals surface area contributed by atoms with E-state index < -0.39 is 0 Å². The monoisotopic (exact) mass is 357 g/mol. The van der Waals surface area contributed by atoms with E-state index in [-0.39, 0.29) is 25.4 Å². The summed E-state index contributed by atoms with van der Waals surface area (Å²) in [5, 5.41) is 11.1. The average Bonchev–Trinajstić information content (AvgIpc) is 2.54. The molecule has 0 unspecified atom stereocenters. The van der Waals surface area contributed by atoms with Crippen molar-refractivity contribution in [1.29, 1.82) is 0 Å². The molecule has 0 heterocycles. The van der Waals surface area contributed by atoms with Crippen LogP contribution in [0.5, 0.6) is 0 Å². The Morgan fingerprint density at radius 3 is 2.36 bits per heavy atom. The Morgan fingerprint density at radius 2 is 1.80 bits per heavy atom. The van der Waals surface area contributed by atoms with Crippen molar-refractivity contribution in [2.45, 2.75) is 103 Å². The van der Waals surface area contributed by atoms with Crippen molar-refractivity contribution >= 4 is 11.7 Å². The molecular weight excluding hydrogens is 318 g/mol. The number of aliphatic hydroxyl groups excluding tert-OH is 1. The highest BCUT2D eigenvalue weighted by molar-refractivity contribution is 5.82. The van der Waals surface area contributed by atoms with Gasteiger partial charge in [0.1, 0.15) is 5.78 Å². The van der Waals surface area contributed by atoms with Crippen LogP contribution in [0, 0.1) is 5.92 Å². The van der Waals surface area contributed by atoms with E-state index in [1.807, 2.05) is 6.92 Å². The van der Waals surface area contributed by atoms with Crippen LogP contribution in [0.1, 0.15) is 86.4 Å². The molecule has 2 fully saturated rings. The summed E-state index contributed by atoms with van der Waals surface area (Å²) in [5.74, 6) is 0.631. The zero-order chi connectivity index (χ0) is 18.7. The number of amides is 1. The predicted molar refractivity (Wildman–Crippen MR) is 101 cm³/mol. The lowest BCUT2D eigenvalue weighted by molar-refractivity contribution is -0.129. The summed E-state index contributed by atoms with van der Waals surface area (Å²) < 4.78 is 5.82. The molecule has 0 saturated heterocycles. The minimum atomic E-state index is -0.167. The number of hydrogen-bond donors (Lipinski definition) is 2. The number of aliphatic hydroxyl groups is 1. The Labute approximate surface area is 154 Å². The third kappa shape index (κ3) is 9.95. The Hall–Kier alpha value is -0.940. The van der Waals surface area contributed by atoms with Gasteiger partial charge in [-0.2, -0.15) is 0 Å². The van der Waals surface area contributed by atoms with Crippen LogP contribution in [0.3, 0.4) is 0 Å². The third-order valence-corrected chi connectivity index (χ3v) is 4.76. The summed E-state index contributed by atoms with van der Waals surface area (Å²) in [4.78, 5) is 23.2. The first kappa shape index (κ1) is 22.1. The maximum Gasteiger partial charge on any atom is 0.220 e.